The summed E-state index contributed by atoms with van der Waals surface area (Å²) in [6, 6.07) is 9.29. The van der Waals surface area contributed by atoms with Gasteiger partial charge in [0.05, 0.1) is 10.6 Å². The maximum Gasteiger partial charge on any atom is 0.422 e. The fraction of sp³-hybridized carbons (Fsp3) is 0.125. The summed E-state index contributed by atoms with van der Waals surface area (Å²) in [4.78, 5) is 17.5. The Morgan fingerprint density at radius 1 is 1.16 bits per heavy atom. The van der Waals surface area contributed by atoms with E-state index in [4.69, 9.17) is 0 Å². The van der Waals surface area contributed by atoms with E-state index < -0.39 is 18.7 Å². The molecule has 0 saturated heterocycles. The molecule has 2 aromatic heterocycles. The van der Waals surface area contributed by atoms with Crippen LogP contribution in [0.15, 0.2) is 47.2 Å². The number of rotatable bonds is 5. The first kappa shape index (κ1) is 17.4. The highest BCUT2D eigenvalue weighted by atomic mass is 32.1. The van der Waals surface area contributed by atoms with E-state index in [0.29, 0.717) is 10.7 Å². The van der Waals surface area contributed by atoms with Crippen LogP contribution in [0.3, 0.4) is 0 Å². The molecule has 9 heteroatoms. The van der Waals surface area contributed by atoms with Crippen molar-refractivity contribution in [1.82, 2.24) is 4.98 Å². The van der Waals surface area contributed by atoms with Gasteiger partial charge in [-0.2, -0.15) is 13.2 Å². The third kappa shape index (κ3) is 4.80. The lowest BCUT2D eigenvalue weighted by molar-refractivity contribution is -0.153. The normalized spacial score (nSPS) is 11.3. The summed E-state index contributed by atoms with van der Waals surface area (Å²) >= 11 is 2.85. The summed E-state index contributed by atoms with van der Waals surface area (Å²) in [5.74, 6) is -0.349. The van der Waals surface area contributed by atoms with Crippen LogP contribution in [-0.2, 0) is 0 Å². The average Bonchev–Trinajstić information content (AvgIpc) is 3.24. The van der Waals surface area contributed by atoms with E-state index in [1.54, 1.807) is 11.3 Å². The lowest BCUT2D eigenvalue weighted by atomic mass is 10.2. The van der Waals surface area contributed by atoms with Gasteiger partial charge in [-0.05, 0) is 35.7 Å². The molecule has 0 fully saturated rings. The minimum Gasteiger partial charge on any atom is -0.484 e. The SMILES string of the molecule is O=C(Nc1nc(-c2cccs2)cs1)c1ccc(OCC(F)(F)F)cc1. The molecule has 1 N–H and O–H groups in total. The highest BCUT2D eigenvalue weighted by molar-refractivity contribution is 7.16. The molecule has 0 bridgehead atoms. The monoisotopic (exact) mass is 384 g/mol. The summed E-state index contributed by atoms with van der Waals surface area (Å²) in [6.07, 6.45) is -4.40. The Hall–Kier alpha value is -2.39. The van der Waals surface area contributed by atoms with E-state index in [9.17, 15) is 18.0 Å². The molecule has 25 heavy (non-hydrogen) atoms. The van der Waals surface area contributed by atoms with Crippen LogP contribution in [0.1, 0.15) is 10.4 Å². The highest BCUT2D eigenvalue weighted by Gasteiger charge is 2.28. The first-order valence-corrected chi connectivity index (χ1v) is 8.77. The van der Waals surface area contributed by atoms with Crippen LogP contribution >= 0.6 is 22.7 Å². The fourth-order valence-corrected chi connectivity index (χ4v) is 3.37. The summed E-state index contributed by atoms with van der Waals surface area (Å²) in [6.45, 7) is -1.37. The van der Waals surface area contributed by atoms with Crippen LogP contribution in [0, 0.1) is 0 Å². The number of carbonyl (C=O) groups excluding carboxylic acids is 1. The number of nitrogens with zero attached hydrogens (tertiary/aromatic N) is 1. The minimum atomic E-state index is -4.40. The number of ether oxygens (including phenoxy) is 1. The Balaban J connectivity index is 1.61. The van der Waals surface area contributed by atoms with Crippen molar-refractivity contribution >= 4 is 33.7 Å². The molecule has 4 nitrogen and oxygen atoms in total. The predicted molar refractivity (Wildman–Crippen MR) is 91.4 cm³/mol. The van der Waals surface area contributed by atoms with Crippen molar-refractivity contribution in [2.75, 3.05) is 11.9 Å². The van der Waals surface area contributed by atoms with Crippen LogP contribution in [0.5, 0.6) is 5.75 Å². The molecule has 0 aliphatic rings. The van der Waals surface area contributed by atoms with Crippen molar-refractivity contribution in [3.05, 3.63) is 52.7 Å². The molecular formula is C16H11F3N2O2S2. The van der Waals surface area contributed by atoms with Gasteiger partial charge in [-0.15, -0.1) is 22.7 Å². The molecule has 0 radical (unpaired) electrons. The minimum absolute atomic E-state index is 0.0445. The number of thiophene rings is 1. The number of thiazole rings is 1. The standard InChI is InChI=1S/C16H11F3N2O2S2/c17-16(18,19)9-23-11-5-3-10(4-6-11)14(22)21-15-20-12(8-25-15)13-2-1-7-24-13/h1-8H,9H2,(H,20,21,22). The molecular weight excluding hydrogens is 373 g/mol. The van der Waals surface area contributed by atoms with Crippen LogP contribution in [0.25, 0.3) is 10.6 Å². The summed E-state index contributed by atoms with van der Waals surface area (Å²) in [5, 5.41) is 6.90. The summed E-state index contributed by atoms with van der Waals surface area (Å²) in [5.41, 5.74) is 1.08. The van der Waals surface area contributed by atoms with Gasteiger partial charge in [0.1, 0.15) is 5.75 Å². The van der Waals surface area contributed by atoms with Crippen molar-refractivity contribution in [3.8, 4) is 16.3 Å². The van der Waals surface area contributed by atoms with Crippen molar-refractivity contribution in [1.29, 1.82) is 0 Å². The van der Waals surface area contributed by atoms with E-state index in [0.717, 1.165) is 10.6 Å². The maximum atomic E-state index is 12.2. The lowest BCUT2D eigenvalue weighted by Gasteiger charge is -2.09. The number of aromatic nitrogens is 1. The second-order valence-electron chi connectivity index (χ2n) is 4.90. The van der Waals surface area contributed by atoms with Gasteiger partial charge in [-0.3, -0.25) is 10.1 Å². The van der Waals surface area contributed by atoms with E-state index in [1.807, 2.05) is 22.9 Å². The average molecular weight is 384 g/mol. The Bertz CT molecular complexity index is 843. The molecule has 0 aliphatic heterocycles. The first-order chi connectivity index (χ1) is 11.9. The number of nitrogens with one attached hydrogen (secondary N) is 1. The van der Waals surface area contributed by atoms with Crippen molar-refractivity contribution < 1.29 is 22.7 Å². The molecule has 0 atom stereocenters. The maximum absolute atomic E-state index is 12.2. The number of alkyl halides is 3. The zero-order valence-corrected chi connectivity index (χ0v) is 14.2. The highest BCUT2D eigenvalue weighted by Crippen LogP contribution is 2.28. The number of hydrogen-bond acceptors (Lipinski definition) is 5. The molecule has 0 unspecified atom stereocenters. The van der Waals surface area contributed by atoms with E-state index in [-0.39, 0.29) is 5.75 Å². The van der Waals surface area contributed by atoms with Gasteiger partial charge in [0, 0.05) is 10.9 Å². The Labute approximate surface area is 148 Å². The third-order valence-corrected chi connectivity index (χ3v) is 4.67. The van der Waals surface area contributed by atoms with Crippen molar-refractivity contribution in [3.63, 3.8) is 0 Å². The quantitative estimate of drug-likeness (QED) is 0.669. The molecule has 0 saturated carbocycles. The fourth-order valence-electron chi connectivity index (χ4n) is 1.91. The van der Waals surface area contributed by atoms with Gasteiger partial charge in [0.25, 0.3) is 5.91 Å². The predicted octanol–water partition coefficient (Wildman–Crippen LogP) is 5.07. The number of halogens is 3. The van der Waals surface area contributed by atoms with Crippen LogP contribution in [0.4, 0.5) is 18.3 Å². The number of carbonyl (C=O) groups is 1. The zero-order chi connectivity index (χ0) is 17.9. The van der Waals surface area contributed by atoms with E-state index in [2.05, 4.69) is 15.0 Å². The van der Waals surface area contributed by atoms with Crippen molar-refractivity contribution in [2.24, 2.45) is 0 Å². The Kier molecular flexibility index (Phi) is 5.05. The Morgan fingerprint density at radius 2 is 1.92 bits per heavy atom. The van der Waals surface area contributed by atoms with Crippen LogP contribution < -0.4 is 10.1 Å². The van der Waals surface area contributed by atoms with Crippen LogP contribution in [-0.4, -0.2) is 23.7 Å². The molecule has 3 rings (SSSR count). The van der Waals surface area contributed by atoms with Gasteiger partial charge < -0.3 is 4.74 Å². The summed E-state index contributed by atoms with van der Waals surface area (Å²) < 4.78 is 40.9. The molecule has 0 spiro atoms. The van der Waals surface area contributed by atoms with Gasteiger partial charge >= 0.3 is 6.18 Å². The number of benzene rings is 1. The topological polar surface area (TPSA) is 51.2 Å². The van der Waals surface area contributed by atoms with E-state index in [1.165, 1.54) is 35.6 Å². The number of amides is 1. The van der Waals surface area contributed by atoms with Gasteiger partial charge in [-0.1, -0.05) is 6.07 Å². The smallest absolute Gasteiger partial charge is 0.422 e. The molecule has 3 aromatic rings. The van der Waals surface area contributed by atoms with Gasteiger partial charge in [-0.25, -0.2) is 4.98 Å². The zero-order valence-electron chi connectivity index (χ0n) is 12.5. The number of anilines is 1. The molecule has 2 heterocycles. The van der Waals surface area contributed by atoms with Gasteiger partial charge in [0.15, 0.2) is 11.7 Å². The second-order valence-corrected chi connectivity index (χ2v) is 6.70. The third-order valence-electron chi connectivity index (χ3n) is 3.02. The van der Waals surface area contributed by atoms with Crippen LogP contribution in [0.2, 0.25) is 0 Å². The van der Waals surface area contributed by atoms with Gasteiger partial charge in [0.2, 0.25) is 0 Å². The Morgan fingerprint density at radius 3 is 2.56 bits per heavy atom. The molecule has 1 amide bonds. The molecule has 130 valence electrons. The lowest BCUT2D eigenvalue weighted by Crippen LogP contribution is -2.19. The summed E-state index contributed by atoms with van der Waals surface area (Å²) in [7, 11) is 0. The van der Waals surface area contributed by atoms with E-state index >= 15 is 0 Å². The second kappa shape index (κ2) is 7.24. The van der Waals surface area contributed by atoms with Crippen molar-refractivity contribution in [2.45, 2.75) is 6.18 Å². The molecule has 1 aromatic carbocycles. The molecule has 0 aliphatic carbocycles. The first-order valence-electron chi connectivity index (χ1n) is 7.01. The largest absolute Gasteiger partial charge is 0.484 e. The number of hydrogen-bond donors (Lipinski definition) is 1.